The molecular formula is C14H13Cl2N3O4. The van der Waals surface area contributed by atoms with Gasteiger partial charge in [-0.2, -0.15) is 0 Å². The Balaban J connectivity index is 1.98. The molecule has 0 radical (unpaired) electrons. The van der Waals surface area contributed by atoms with E-state index < -0.39 is 23.2 Å². The maximum atomic E-state index is 12.0. The number of ether oxygens (including phenoxy) is 1. The molecule has 7 nitrogen and oxygen atoms in total. The van der Waals surface area contributed by atoms with Gasteiger partial charge < -0.3 is 15.0 Å². The lowest BCUT2D eigenvalue weighted by atomic mass is 10.3. The van der Waals surface area contributed by atoms with E-state index in [2.05, 4.69) is 10.3 Å². The molecule has 1 heterocycles. The number of amides is 1. The fraction of sp³-hybridized carbons (Fsp3) is 0.214. The van der Waals surface area contributed by atoms with Crippen molar-refractivity contribution in [2.45, 2.75) is 13.0 Å². The summed E-state index contributed by atoms with van der Waals surface area (Å²) in [5, 5.41) is 3.24. The van der Waals surface area contributed by atoms with Gasteiger partial charge in [0.25, 0.3) is 11.5 Å². The van der Waals surface area contributed by atoms with E-state index in [9.17, 15) is 14.4 Å². The third-order valence-corrected chi connectivity index (χ3v) is 3.59. The van der Waals surface area contributed by atoms with Gasteiger partial charge in [-0.25, -0.2) is 4.79 Å². The minimum Gasteiger partial charge on any atom is -0.490 e. The van der Waals surface area contributed by atoms with Gasteiger partial charge in [0, 0.05) is 6.07 Å². The Morgan fingerprint density at radius 3 is 2.74 bits per heavy atom. The summed E-state index contributed by atoms with van der Waals surface area (Å²) in [6, 6.07) is 5.56. The number of rotatable bonds is 5. The van der Waals surface area contributed by atoms with Gasteiger partial charge in [-0.3, -0.25) is 14.6 Å². The van der Waals surface area contributed by atoms with Gasteiger partial charge in [-0.1, -0.05) is 29.3 Å². The maximum absolute atomic E-state index is 12.0. The van der Waals surface area contributed by atoms with Gasteiger partial charge in [0.2, 0.25) is 0 Å². The SMILES string of the molecule is CC(COc1cccc(Cl)c1Cl)NC(=O)c1cc(=O)[nH]c(=O)[nH]1. The Morgan fingerprint density at radius 1 is 1.30 bits per heavy atom. The predicted molar refractivity (Wildman–Crippen MR) is 86.6 cm³/mol. The first-order valence-electron chi connectivity index (χ1n) is 6.58. The first kappa shape index (κ1) is 17.1. The average Bonchev–Trinajstić information content (AvgIpc) is 2.47. The van der Waals surface area contributed by atoms with Crippen LogP contribution in [-0.2, 0) is 0 Å². The number of nitrogens with one attached hydrogen (secondary N) is 3. The van der Waals surface area contributed by atoms with Crippen LogP contribution in [0.5, 0.6) is 5.75 Å². The number of carbonyl (C=O) groups is 1. The molecule has 1 unspecified atom stereocenters. The summed E-state index contributed by atoms with van der Waals surface area (Å²) < 4.78 is 5.49. The molecule has 0 aliphatic carbocycles. The molecule has 1 atom stereocenters. The normalized spacial score (nSPS) is 11.8. The van der Waals surface area contributed by atoms with Crippen LogP contribution >= 0.6 is 23.2 Å². The van der Waals surface area contributed by atoms with Gasteiger partial charge >= 0.3 is 5.69 Å². The molecular weight excluding hydrogens is 345 g/mol. The van der Waals surface area contributed by atoms with Crippen LogP contribution < -0.4 is 21.3 Å². The molecule has 1 aromatic heterocycles. The lowest BCUT2D eigenvalue weighted by Crippen LogP contribution is -2.39. The molecule has 2 rings (SSSR count). The second kappa shape index (κ2) is 7.34. The Hall–Kier alpha value is -2.25. The molecule has 23 heavy (non-hydrogen) atoms. The van der Waals surface area contributed by atoms with Crippen molar-refractivity contribution in [2.24, 2.45) is 0 Å². The number of aromatic amines is 2. The number of aromatic nitrogens is 2. The van der Waals surface area contributed by atoms with Crippen molar-refractivity contribution in [3.63, 3.8) is 0 Å². The topological polar surface area (TPSA) is 104 Å². The quantitative estimate of drug-likeness (QED) is 0.755. The fourth-order valence-electron chi connectivity index (χ4n) is 1.74. The summed E-state index contributed by atoms with van der Waals surface area (Å²) in [6.07, 6.45) is 0. The van der Waals surface area contributed by atoms with Crippen LogP contribution in [0.15, 0.2) is 33.9 Å². The standard InChI is InChI=1S/C14H13Cl2N3O4/c1-7(6-23-10-4-2-3-8(15)12(10)16)17-13(21)9-5-11(20)19-14(22)18-9/h2-5,7H,6H2,1H3,(H,17,21)(H2,18,19,20,22). The van der Waals surface area contributed by atoms with Crippen molar-refractivity contribution in [1.82, 2.24) is 15.3 Å². The van der Waals surface area contributed by atoms with Crippen LogP contribution in [0.2, 0.25) is 10.0 Å². The van der Waals surface area contributed by atoms with Crippen LogP contribution in [0.3, 0.4) is 0 Å². The average molecular weight is 358 g/mol. The number of hydrogen-bond donors (Lipinski definition) is 3. The summed E-state index contributed by atoms with van der Waals surface area (Å²) >= 11 is 11.9. The van der Waals surface area contributed by atoms with Crippen LogP contribution in [0, 0.1) is 0 Å². The number of H-pyrrole nitrogens is 2. The predicted octanol–water partition coefficient (Wildman–Crippen LogP) is 1.57. The highest BCUT2D eigenvalue weighted by atomic mass is 35.5. The fourth-order valence-corrected chi connectivity index (χ4v) is 2.09. The molecule has 0 aliphatic heterocycles. The zero-order chi connectivity index (χ0) is 17.0. The lowest BCUT2D eigenvalue weighted by molar-refractivity contribution is 0.0921. The molecule has 2 aromatic rings. The highest BCUT2D eigenvalue weighted by molar-refractivity contribution is 6.42. The van der Waals surface area contributed by atoms with Crippen molar-refractivity contribution in [1.29, 1.82) is 0 Å². The van der Waals surface area contributed by atoms with E-state index in [4.69, 9.17) is 27.9 Å². The Bertz CT molecular complexity index is 803. The third-order valence-electron chi connectivity index (χ3n) is 2.79. The molecule has 0 spiro atoms. The van der Waals surface area contributed by atoms with E-state index in [1.807, 2.05) is 4.98 Å². The van der Waals surface area contributed by atoms with Crippen molar-refractivity contribution in [3.05, 3.63) is 60.8 Å². The van der Waals surface area contributed by atoms with E-state index in [1.54, 1.807) is 25.1 Å². The molecule has 3 N–H and O–H groups in total. The lowest BCUT2D eigenvalue weighted by Gasteiger charge is -2.15. The van der Waals surface area contributed by atoms with Crippen molar-refractivity contribution in [3.8, 4) is 5.75 Å². The van der Waals surface area contributed by atoms with Crippen LogP contribution in [-0.4, -0.2) is 28.5 Å². The van der Waals surface area contributed by atoms with Crippen LogP contribution in [0.1, 0.15) is 17.4 Å². The monoisotopic (exact) mass is 357 g/mol. The van der Waals surface area contributed by atoms with Gasteiger partial charge in [0.05, 0.1) is 11.1 Å². The zero-order valence-corrected chi connectivity index (χ0v) is 13.5. The molecule has 0 bridgehead atoms. The highest BCUT2D eigenvalue weighted by Gasteiger charge is 2.13. The van der Waals surface area contributed by atoms with E-state index in [0.717, 1.165) is 6.07 Å². The van der Waals surface area contributed by atoms with Gasteiger partial charge in [-0.15, -0.1) is 0 Å². The van der Waals surface area contributed by atoms with E-state index in [1.165, 1.54) is 0 Å². The molecule has 0 saturated carbocycles. The first-order chi connectivity index (χ1) is 10.9. The summed E-state index contributed by atoms with van der Waals surface area (Å²) in [5.41, 5.74) is -1.54. The smallest absolute Gasteiger partial charge is 0.326 e. The Morgan fingerprint density at radius 2 is 2.04 bits per heavy atom. The maximum Gasteiger partial charge on any atom is 0.326 e. The van der Waals surface area contributed by atoms with Crippen LogP contribution in [0.4, 0.5) is 0 Å². The number of carbonyl (C=O) groups excluding carboxylic acids is 1. The third kappa shape index (κ3) is 4.61. The molecule has 122 valence electrons. The van der Waals surface area contributed by atoms with E-state index in [-0.39, 0.29) is 17.3 Å². The Kier molecular flexibility index (Phi) is 5.46. The second-order valence-corrected chi connectivity index (χ2v) is 5.52. The number of halogens is 2. The molecule has 9 heteroatoms. The molecule has 0 saturated heterocycles. The number of hydrogen-bond acceptors (Lipinski definition) is 4. The van der Waals surface area contributed by atoms with E-state index >= 15 is 0 Å². The largest absolute Gasteiger partial charge is 0.490 e. The minimum atomic E-state index is -0.753. The minimum absolute atomic E-state index is 0.124. The van der Waals surface area contributed by atoms with Crippen molar-refractivity contribution >= 4 is 29.1 Å². The Labute approximate surface area is 140 Å². The van der Waals surface area contributed by atoms with Gasteiger partial charge in [0.15, 0.2) is 0 Å². The highest BCUT2D eigenvalue weighted by Crippen LogP contribution is 2.31. The van der Waals surface area contributed by atoms with Crippen molar-refractivity contribution < 1.29 is 9.53 Å². The molecule has 0 fully saturated rings. The van der Waals surface area contributed by atoms with E-state index in [0.29, 0.717) is 10.8 Å². The molecule has 1 amide bonds. The van der Waals surface area contributed by atoms with Crippen molar-refractivity contribution in [2.75, 3.05) is 6.61 Å². The summed E-state index contributed by atoms with van der Waals surface area (Å²) in [6.45, 7) is 1.82. The second-order valence-electron chi connectivity index (χ2n) is 4.74. The van der Waals surface area contributed by atoms with Crippen LogP contribution in [0.25, 0.3) is 0 Å². The molecule has 1 aromatic carbocycles. The van der Waals surface area contributed by atoms with Gasteiger partial charge in [-0.05, 0) is 19.1 Å². The summed E-state index contributed by atoms with van der Waals surface area (Å²) in [5.74, 6) is -0.202. The number of benzene rings is 1. The van der Waals surface area contributed by atoms with Gasteiger partial charge in [0.1, 0.15) is 23.1 Å². The summed E-state index contributed by atoms with van der Waals surface area (Å²) in [4.78, 5) is 38.5. The zero-order valence-electron chi connectivity index (χ0n) is 12.0. The summed E-state index contributed by atoms with van der Waals surface area (Å²) in [7, 11) is 0. The first-order valence-corrected chi connectivity index (χ1v) is 7.33. The molecule has 0 aliphatic rings.